The van der Waals surface area contributed by atoms with Crippen LogP contribution in [0.3, 0.4) is 0 Å². The molecule has 0 aromatic carbocycles. The molecule has 2 atom stereocenters. The number of rotatable bonds is 38. The summed E-state index contributed by atoms with van der Waals surface area (Å²) in [6, 6.07) is 0. The topological polar surface area (TPSA) is 111 Å². The minimum atomic E-state index is -4.62. The van der Waals surface area contributed by atoms with E-state index >= 15 is 0 Å². The third-order valence-electron chi connectivity index (χ3n) is 8.99. The Hall–Kier alpha value is -1.77. The zero-order valence-corrected chi connectivity index (χ0v) is 35.6. The highest BCUT2D eigenvalue weighted by atomic mass is 31.2. The summed E-state index contributed by atoms with van der Waals surface area (Å²) in [5.41, 5.74) is 0. The van der Waals surface area contributed by atoms with Crippen LogP contribution in [0.25, 0.3) is 0 Å². The summed E-state index contributed by atoms with van der Waals surface area (Å²) in [6.07, 6.45) is 38.8. The number of allylic oxidation sites excluding steroid dienone is 6. The van der Waals surface area contributed by atoms with E-state index in [1.54, 1.807) is 0 Å². The van der Waals surface area contributed by atoms with Gasteiger partial charge in [-0.25, -0.2) is 0 Å². The van der Waals surface area contributed by atoms with Crippen LogP contribution in [-0.2, 0) is 32.7 Å². The fourth-order valence-electron chi connectivity index (χ4n) is 5.65. The molecule has 0 aliphatic heterocycles. The van der Waals surface area contributed by atoms with Crippen molar-refractivity contribution in [1.82, 2.24) is 0 Å². The molecule has 0 aliphatic carbocycles. The first kappa shape index (κ1) is 51.2. The Labute approximate surface area is 325 Å². The van der Waals surface area contributed by atoms with Crippen molar-refractivity contribution in [3.05, 3.63) is 36.5 Å². The van der Waals surface area contributed by atoms with Crippen LogP contribution in [0.4, 0.5) is 0 Å². The van der Waals surface area contributed by atoms with Gasteiger partial charge in [0.15, 0.2) is 6.10 Å². The highest BCUT2D eigenvalue weighted by Crippen LogP contribution is 2.38. The van der Waals surface area contributed by atoms with Gasteiger partial charge in [-0.3, -0.25) is 14.2 Å². The zero-order chi connectivity index (χ0) is 39.3. The van der Waals surface area contributed by atoms with Crippen molar-refractivity contribution < 1.29 is 42.1 Å². The van der Waals surface area contributed by atoms with Gasteiger partial charge in [0.25, 0.3) is 7.82 Å². The third kappa shape index (κ3) is 39.7. The molecular weight excluding hydrogens is 689 g/mol. The third-order valence-corrected chi connectivity index (χ3v) is 9.95. The van der Waals surface area contributed by atoms with Crippen molar-refractivity contribution in [2.75, 3.05) is 47.5 Å². The van der Waals surface area contributed by atoms with Crippen molar-refractivity contribution >= 4 is 19.8 Å². The molecule has 0 saturated heterocycles. The standard InChI is InChI=1S/C43H80NO8P/c1-6-8-10-12-14-16-18-20-21-22-24-25-27-29-31-33-35-42(45)49-39-41(40-51-53(47,48)50-38-37-44(3,4)5)52-43(46)36-34-32-30-28-26-23-19-17-15-13-11-9-7-2/h9,11,13,15,17,19,41H,6-8,10,12,14,16,18,20-40H2,1-5H3/b11-9+,15-13+,19-17+. The second kappa shape index (κ2) is 35.9. The summed E-state index contributed by atoms with van der Waals surface area (Å²) in [7, 11) is 1.15. The number of esters is 2. The maximum absolute atomic E-state index is 12.6. The van der Waals surface area contributed by atoms with Gasteiger partial charge in [-0.05, 0) is 32.1 Å². The van der Waals surface area contributed by atoms with Crippen LogP contribution in [0.2, 0.25) is 0 Å². The first-order chi connectivity index (χ1) is 25.5. The first-order valence-electron chi connectivity index (χ1n) is 21.2. The van der Waals surface area contributed by atoms with Gasteiger partial charge in [0.1, 0.15) is 19.8 Å². The number of hydrogen-bond donors (Lipinski definition) is 0. The molecule has 0 amide bonds. The minimum absolute atomic E-state index is 0.0347. The predicted octanol–water partition coefficient (Wildman–Crippen LogP) is 11.1. The second-order valence-corrected chi connectivity index (χ2v) is 16.8. The predicted molar refractivity (Wildman–Crippen MR) is 217 cm³/mol. The normalized spacial score (nSPS) is 14.0. The smallest absolute Gasteiger partial charge is 0.306 e. The van der Waals surface area contributed by atoms with Crippen LogP contribution in [0, 0.1) is 0 Å². The number of phosphoric ester groups is 1. The van der Waals surface area contributed by atoms with Gasteiger partial charge < -0.3 is 27.9 Å². The number of carbonyl (C=O) groups excluding carboxylic acids is 2. The molecule has 0 heterocycles. The Morgan fingerprint density at radius 3 is 1.58 bits per heavy atom. The van der Waals surface area contributed by atoms with E-state index in [2.05, 4.69) is 32.1 Å². The molecule has 0 saturated carbocycles. The molecule has 9 nitrogen and oxygen atoms in total. The summed E-state index contributed by atoms with van der Waals surface area (Å²) >= 11 is 0. The number of carbonyl (C=O) groups is 2. The van der Waals surface area contributed by atoms with Crippen LogP contribution in [0.1, 0.15) is 174 Å². The van der Waals surface area contributed by atoms with E-state index < -0.39 is 26.5 Å². The summed E-state index contributed by atoms with van der Waals surface area (Å²) in [4.78, 5) is 37.4. The lowest BCUT2D eigenvalue weighted by atomic mass is 10.0. The van der Waals surface area contributed by atoms with E-state index in [1.165, 1.54) is 83.5 Å². The molecule has 53 heavy (non-hydrogen) atoms. The lowest BCUT2D eigenvalue weighted by Gasteiger charge is -2.28. The maximum atomic E-state index is 12.6. The fraction of sp³-hybridized carbons (Fsp3) is 0.814. The summed E-state index contributed by atoms with van der Waals surface area (Å²) < 4.78 is 33.8. The maximum Gasteiger partial charge on any atom is 0.306 e. The van der Waals surface area contributed by atoms with Gasteiger partial charge >= 0.3 is 11.9 Å². The van der Waals surface area contributed by atoms with Gasteiger partial charge in [0, 0.05) is 12.8 Å². The largest absolute Gasteiger partial charge is 0.756 e. The van der Waals surface area contributed by atoms with E-state index in [1.807, 2.05) is 39.4 Å². The molecule has 0 bridgehead atoms. The second-order valence-electron chi connectivity index (χ2n) is 15.4. The molecule has 0 fully saturated rings. The summed E-state index contributed by atoms with van der Waals surface area (Å²) in [6.45, 7) is 4.07. The Morgan fingerprint density at radius 2 is 1.08 bits per heavy atom. The molecule has 0 N–H and O–H groups in total. The quantitative estimate of drug-likeness (QED) is 0.0201. The minimum Gasteiger partial charge on any atom is -0.756 e. The lowest BCUT2D eigenvalue weighted by molar-refractivity contribution is -0.870. The van der Waals surface area contributed by atoms with Crippen molar-refractivity contribution in [3.63, 3.8) is 0 Å². The van der Waals surface area contributed by atoms with Crippen molar-refractivity contribution in [3.8, 4) is 0 Å². The highest BCUT2D eigenvalue weighted by Gasteiger charge is 2.21. The van der Waals surface area contributed by atoms with E-state index in [4.69, 9.17) is 18.5 Å². The monoisotopic (exact) mass is 770 g/mol. The van der Waals surface area contributed by atoms with Crippen molar-refractivity contribution in [1.29, 1.82) is 0 Å². The van der Waals surface area contributed by atoms with Crippen molar-refractivity contribution in [2.24, 2.45) is 0 Å². The molecule has 0 radical (unpaired) electrons. The van der Waals surface area contributed by atoms with Gasteiger partial charge in [-0.15, -0.1) is 0 Å². The summed E-state index contributed by atoms with van der Waals surface area (Å²) in [5, 5.41) is 0. The number of nitrogens with zero attached hydrogens (tertiary/aromatic N) is 1. The number of hydrogen-bond acceptors (Lipinski definition) is 8. The average molecular weight is 770 g/mol. The zero-order valence-electron chi connectivity index (χ0n) is 34.7. The average Bonchev–Trinajstić information content (AvgIpc) is 3.10. The Bertz CT molecular complexity index is 1010. The molecular formula is C43H80NO8P. The highest BCUT2D eigenvalue weighted by molar-refractivity contribution is 7.45. The van der Waals surface area contributed by atoms with Crippen LogP contribution in [0.15, 0.2) is 36.5 Å². The Morgan fingerprint density at radius 1 is 0.604 bits per heavy atom. The molecule has 2 unspecified atom stereocenters. The van der Waals surface area contributed by atoms with Crippen LogP contribution >= 0.6 is 7.82 Å². The van der Waals surface area contributed by atoms with Gasteiger partial charge in [0.05, 0.1) is 27.7 Å². The first-order valence-corrected chi connectivity index (χ1v) is 22.7. The van der Waals surface area contributed by atoms with Gasteiger partial charge in [-0.1, -0.05) is 166 Å². The molecule has 0 aliphatic rings. The van der Waals surface area contributed by atoms with Crippen LogP contribution < -0.4 is 4.89 Å². The SMILES string of the molecule is CC/C=C/C=C/C=C/CCCCCCCC(=O)OC(COC(=O)CCCCCCCCCCCCCCCCCC)COP(=O)([O-])OCC[N+](C)(C)C. The molecule has 0 rings (SSSR count). The van der Waals surface area contributed by atoms with E-state index in [-0.39, 0.29) is 32.0 Å². The van der Waals surface area contributed by atoms with Crippen LogP contribution in [0.5, 0.6) is 0 Å². The van der Waals surface area contributed by atoms with Gasteiger partial charge in [-0.2, -0.15) is 0 Å². The fourth-order valence-corrected chi connectivity index (χ4v) is 6.38. The van der Waals surface area contributed by atoms with E-state index in [9.17, 15) is 19.0 Å². The molecule has 0 aromatic rings. The molecule has 0 spiro atoms. The number of likely N-dealkylation sites (N-methyl/N-ethyl adjacent to an activating group) is 1. The number of quaternary nitrogens is 1. The lowest BCUT2D eigenvalue weighted by Crippen LogP contribution is -2.37. The van der Waals surface area contributed by atoms with E-state index in [0.717, 1.165) is 57.8 Å². The van der Waals surface area contributed by atoms with Crippen LogP contribution in [-0.4, -0.2) is 70.0 Å². The molecule has 0 aromatic heterocycles. The Kier molecular flexibility index (Phi) is 34.7. The van der Waals surface area contributed by atoms with E-state index in [0.29, 0.717) is 17.4 Å². The van der Waals surface area contributed by atoms with Gasteiger partial charge in [0.2, 0.25) is 0 Å². The summed E-state index contributed by atoms with van der Waals surface area (Å²) in [5.74, 6) is -0.855. The molecule has 10 heteroatoms. The number of phosphoric acid groups is 1. The Balaban J connectivity index is 4.37. The molecule has 310 valence electrons. The number of ether oxygens (including phenoxy) is 2. The van der Waals surface area contributed by atoms with Crippen molar-refractivity contribution in [2.45, 2.75) is 180 Å². The number of unbranched alkanes of at least 4 members (excludes halogenated alkanes) is 20.